The molecule has 5 nitrogen and oxygen atoms in total. The molecule has 2 rings (SSSR count). The summed E-state index contributed by atoms with van der Waals surface area (Å²) in [6, 6.07) is 7.26. The fourth-order valence-corrected chi connectivity index (χ4v) is 2.33. The van der Waals surface area contributed by atoms with E-state index in [1.807, 2.05) is 17.0 Å². The number of hydrogen-bond acceptors (Lipinski definition) is 4. The van der Waals surface area contributed by atoms with Gasteiger partial charge < -0.3 is 10.2 Å². The first-order chi connectivity index (χ1) is 11.1. The monoisotopic (exact) mass is 332 g/mol. The molecule has 0 aliphatic carbocycles. The second-order valence-electron chi connectivity index (χ2n) is 5.22. The van der Waals surface area contributed by atoms with Gasteiger partial charge in [-0.2, -0.15) is 0 Å². The van der Waals surface area contributed by atoms with Gasteiger partial charge in [0.05, 0.1) is 5.56 Å². The van der Waals surface area contributed by atoms with Crippen LogP contribution in [-0.2, 0) is 0 Å². The Bertz CT molecular complexity index is 622. The van der Waals surface area contributed by atoms with Gasteiger partial charge >= 0.3 is 0 Å². The van der Waals surface area contributed by atoms with Crippen molar-refractivity contribution in [2.45, 2.75) is 26.7 Å². The number of aromatic nitrogens is 2. The van der Waals surface area contributed by atoms with Gasteiger partial charge in [-0.3, -0.25) is 4.79 Å². The number of nitrogens with zero attached hydrogens (tertiary/aromatic N) is 3. The molecule has 2 aromatic rings. The summed E-state index contributed by atoms with van der Waals surface area (Å²) in [6.07, 6.45) is 4.99. The number of rotatable bonds is 7. The molecule has 0 aliphatic rings. The molecule has 0 saturated heterocycles. The van der Waals surface area contributed by atoms with Crippen LogP contribution in [0.15, 0.2) is 36.7 Å². The number of halogens is 1. The molecule has 122 valence electrons. The third kappa shape index (κ3) is 4.93. The first kappa shape index (κ1) is 17.2. The maximum absolute atomic E-state index is 12.4. The molecule has 6 heteroatoms. The lowest BCUT2D eigenvalue weighted by Gasteiger charge is -2.21. The van der Waals surface area contributed by atoms with Crippen LogP contribution in [0.2, 0.25) is 5.02 Å². The van der Waals surface area contributed by atoms with Crippen LogP contribution in [0.1, 0.15) is 37.0 Å². The topological polar surface area (TPSA) is 58.1 Å². The van der Waals surface area contributed by atoms with Crippen molar-refractivity contribution in [3.63, 3.8) is 0 Å². The standard InChI is InChI=1S/C17H21ClN4O/c1-3-9-22(10-4-2)16(23)13-11-19-17(20-12-13)21-15-7-5-14(18)6-8-15/h5-8,11-12H,3-4,9-10H2,1-2H3,(H,19,20,21). The first-order valence-corrected chi connectivity index (χ1v) is 8.15. The summed E-state index contributed by atoms with van der Waals surface area (Å²) >= 11 is 5.85. The molecular formula is C17H21ClN4O. The number of benzene rings is 1. The van der Waals surface area contributed by atoms with Gasteiger partial charge in [-0.1, -0.05) is 25.4 Å². The van der Waals surface area contributed by atoms with Gasteiger partial charge in [0, 0.05) is 36.2 Å². The van der Waals surface area contributed by atoms with Crippen molar-refractivity contribution in [3.8, 4) is 0 Å². The molecule has 1 aromatic heterocycles. The van der Waals surface area contributed by atoms with Crippen LogP contribution >= 0.6 is 11.6 Å². The van der Waals surface area contributed by atoms with E-state index >= 15 is 0 Å². The Morgan fingerprint density at radius 3 is 2.17 bits per heavy atom. The van der Waals surface area contributed by atoms with Gasteiger partial charge in [-0.15, -0.1) is 0 Å². The van der Waals surface area contributed by atoms with Crippen molar-refractivity contribution in [1.82, 2.24) is 14.9 Å². The molecule has 0 radical (unpaired) electrons. The van der Waals surface area contributed by atoms with E-state index < -0.39 is 0 Å². The molecule has 0 fully saturated rings. The van der Waals surface area contributed by atoms with Gasteiger partial charge in [0.15, 0.2) is 0 Å². The van der Waals surface area contributed by atoms with E-state index in [2.05, 4.69) is 29.1 Å². The van der Waals surface area contributed by atoms with E-state index in [4.69, 9.17) is 11.6 Å². The summed E-state index contributed by atoms with van der Waals surface area (Å²) in [6.45, 7) is 5.62. The number of amides is 1. The largest absolute Gasteiger partial charge is 0.339 e. The zero-order valence-electron chi connectivity index (χ0n) is 13.4. The fourth-order valence-electron chi connectivity index (χ4n) is 2.20. The molecule has 0 atom stereocenters. The smallest absolute Gasteiger partial charge is 0.256 e. The fraction of sp³-hybridized carbons (Fsp3) is 0.353. The molecule has 0 saturated carbocycles. The third-order valence-electron chi connectivity index (χ3n) is 3.27. The number of hydrogen-bond donors (Lipinski definition) is 1. The zero-order chi connectivity index (χ0) is 16.7. The third-order valence-corrected chi connectivity index (χ3v) is 3.53. The molecule has 1 amide bonds. The van der Waals surface area contributed by atoms with Gasteiger partial charge in [-0.05, 0) is 37.1 Å². The minimum Gasteiger partial charge on any atom is -0.339 e. The molecule has 0 unspecified atom stereocenters. The molecule has 1 heterocycles. The summed E-state index contributed by atoms with van der Waals surface area (Å²) in [7, 11) is 0. The highest BCUT2D eigenvalue weighted by Gasteiger charge is 2.15. The van der Waals surface area contributed by atoms with Crippen LogP contribution in [0.3, 0.4) is 0 Å². The summed E-state index contributed by atoms with van der Waals surface area (Å²) in [5.74, 6) is 0.424. The summed E-state index contributed by atoms with van der Waals surface area (Å²) in [4.78, 5) is 22.7. The summed E-state index contributed by atoms with van der Waals surface area (Å²) < 4.78 is 0. The number of carbonyl (C=O) groups is 1. The average Bonchev–Trinajstić information content (AvgIpc) is 2.57. The Hall–Kier alpha value is -2.14. The van der Waals surface area contributed by atoms with E-state index in [1.54, 1.807) is 24.5 Å². The van der Waals surface area contributed by atoms with Gasteiger partial charge in [0.1, 0.15) is 0 Å². The van der Waals surface area contributed by atoms with E-state index in [0.717, 1.165) is 31.6 Å². The lowest BCUT2D eigenvalue weighted by molar-refractivity contribution is 0.0755. The minimum atomic E-state index is -0.0215. The SMILES string of the molecule is CCCN(CCC)C(=O)c1cnc(Nc2ccc(Cl)cc2)nc1. The molecule has 1 aromatic carbocycles. The van der Waals surface area contributed by atoms with Crippen molar-refractivity contribution < 1.29 is 4.79 Å². The highest BCUT2D eigenvalue weighted by molar-refractivity contribution is 6.30. The molecular weight excluding hydrogens is 312 g/mol. The van der Waals surface area contributed by atoms with Crippen LogP contribution in [-0.4, -0.2) is 33.9 Å². The van der Waals surface area contributed by atoms with Gasteiger partial charge in [0.2, 0.25) is 5.95 Å². The van der Waals surface area contributed by atoms with Crippen molar-refractivity contribution in [1.29, 1.82) is 0 Å². The van der Waals surface area contributed by atoms with Crippen molar-refractivity contribution in [2.24, 2.45) is 0 Å². The highest BCUT2D eigenvalue weighted by atomic mass is 35.5. The molecule has 23 heavy (non-hydrogen) atoms. The van der Waals surface area contributed by atoms with Crippen LogP contribution in [0.5, 0.6) is 0 Å². The van der Waals surface area contributed by atoms with Crippen molar-refractivity contribution in [2.75, 3.05) is 18.4 Å². The van der Waals surface area contributed by atoms with Crippen molar-refractivity contribution in [3.05, 3.63) is 47.2 Å². The summed E-state index contributed by atoms with van der Waals surface area (Å²) in [5, 5.41) is 3.74. The first-order valence-electron chi connectivity index (χ1n) is 7.78. The van der Waals surface area contributed by atoms with Crippen molar-refractivity contribution >= 4 is 29.1 Å². The predicted molar refractivity (Wildman–Crippen MR) is 93.3 cm³/mol. The number of carbonyl (C=O) groups excluding carboxylic acids is 1. The number of anilines is 2. The lowest BCUT2D eigenvalue weighted by Crippen LogP contribution is -2.32. The Morgan fingerprint density at radius 1 is 1.09 bits per heavy atom. The Balaban J connectivity index is 2.05. The Morgan fingerprint density at radius 2 is 1.65 bits per heavy atom. The zero-order valence-corrected chi connectivity index (χ0v) is 14.2. The van der Waals surface area contributed by atoms with E-state index in [-0.39, 0.29) is 5.91 Å². The normalized spacial score (nSPS) is 10.4. The second-order valence-corrected chi connectivity index (χ2v) is 5.66. The maximum Gasteiger partial charge on any atom is 0.256 e. The van der Waals surface area contributed by atoms with Crippen LogP contribution in [0.25, 0.3) is 0 Å². The highest BCUT2D eigenvalue weighted by Crippen LogP contribution is 2.16. The second kappa shape index (κ2) is 8.48. The van der Waals surface area contributed by atoms with Gasteiger partial charge in [-0.25, -0.2) is 9.97 Å². The van der Waals surface area contributed by atoms with E-state index in [9.17, 15) is 4.79 Å². The predicted octanol–water partition coefficient (Wildman–Crippen LogP) is 4.14. The average molecular weight is 333 g/mol. The molecule has 0 aliphatic heterocycles. The van der Waals surface area contributed by atoms with Crippen LogP contribution < -0.4 is 5.32 Å². The number of nitrogens with one attached hydrogen (secondary N) is 1. The van der Waals surface area contributed by atoms with Crippen LogP contribution in [0.4, 0.5) is 11.6 Å². The quantitative estimate of drug-likeness (QED) is 0.828. The van der Waals surface area contributed by atoms with E-state index in [1.165, 1.54) is 0 Å². The minimum absolute atomic E-state index is 0.0215. The Labute approximate surface area is 141 Å². The summed E-state index contributed by atoms with van der Waals surface area (Å²) in [5.41, 5.74) is 1.35. The molecule has 0 bridgehead atoms. The lowest BCUT2D eigenvalue weighted by atomic mass is 10.2. The van der Waals surface area contributed by atoms with Gasteiger partial charge in [0.25, 0.3) is 5.91 Å². The molecule has 1 N–H and O–H groups in total. The molecule has 0 spiro atoms. The van der Waals surface area contributed by atoms with Crippen LogP contribution in [0, 0.1) is 0 Å². The maximum atomic E-state index is 12.4. The van der Waals surface area contributed by atoms with E-state index in [0.29, 0.717) is 16.5 Å². The Kier molecular flexibility index (Phi) is 6.35.